The second-order valence-electron chi connectivity index (χ2n) is 5.54. The Kier molecular flexibility index (Phi) is 9.10. The average Bonchev–Trinajstić information content (AvgIpc) is 2.55. The summed E-state index contributed by atoms with van der Waals surface area (Å²) in [6, 6.07) is 5.81. The molecule has 0 spiro atoms. The normalized spacial score (nSPS) is 15.9. The molecule has 0 saturated carbocycles. The molecule has 134 valence electrons. The topological polar surface area (TPSA) is 70.2 Å². The van der Waals surface area contributed by atoms with E-state index in [9.17, 15) is 14.0 Å². The standard InChI is InChI=1S/C16H22FN3O2S.ClH/c1-11(16(22)20-14-6-8-18-9-7-14)23-10-15(21)19-13-4-2-12(17)3-5-13;/h2-5,11,14,18H,6-10H2,1H3,(H,19,21)(H,20,22);1H. The Labute approximate surface area is 151 Å². The fourth-order valence-electron chi connectivity index (χ4n) is 2.29. The lowest BCUT2D eigenvalue weighted by Crippen LogP contribution is -2.45. The molecule has 1 fully saturated rings. The highest BCUT2D eigenvalue weighted by Gasteiger charge is 2.20. The number of thioether (sulfide) groups is 1. The summed E-state index contributed by atoms with van der Waals surface area (Å²) in [6.07, 6.45) is 1.88. The van der Waals surface area contributed by atoms with Gasteiger partial charge in [0.2, 0.25) is 11.8 Å². The predicted molar refractivity (Wildman–Crippen MR) is 98.2 cm³/mol. The van der Waals surface area contributed by atoms with Crippen molar-refractivity contribution in [3.63, 3.8) is 0 Å². The van der Waals surface area contributed by atoms with Crippen LogP contribution >= 0.6 is 24.2 Å². The Balaban J connectivity index is 0.00000288. The van der Waals surface area contributed by atoms with Crippen molar-refractivity contribution in [3.8, 4) is 0 Å². The Bertz CT molecular complexity index is 539. The van der Waals surface area contributed by atoms with E-state index < -0.39 is 0 Å². The second kappa shape index (κ2) is 10.5. The van der Waals surface area contributed by atoms with E-state index in [2.05, 4.69) is 16.0 Å². The van der Waals surface area contributed by atoms with E-state index in [0.717, 1.165) is 25.9 Å². The number of carbonyl (C=O) groups excluding carboxylic acids is 2. The lowest BCUT2D eigenvalue weighted by Gasteiger charge is -2.25. The third-order valence-corrected chi connectivity index (χ3v) is 4.79. The fraction of sp³-hybridized carbons (Fsp3) is 0.500. The summed E-state index contributed by atoms with van der Waals surface area (Å²) >= 11 is 1.29. The molecule has 2 amide bonds. The zero-order valence-electron chi connectivity index (χ0n) is 13.5. The molecule has 1 aromatic rings. The van der Waals surface area contributed by atoms with Crippen molar-refractivity contribution in [3.05, 3.63) is 30.1 Å². The molecule has 0 bridgehead atoms. The molecule has 1 aliphatic heterocycles. The number of nitrogens with one attached hydrogen (secondary N) is 3. The van der Waals surface area contributed by atoms with Gasteiger partial charge in [0.25, 0.3) is 0 Å². The van der Waals surface area contributed by atoms with Gasteiger partial charge in [-0.15, -0.1) is 24.2 Å². The fourth-order valence-corrected chi connectivity index (χ4v) is 2.98. The number of amides is 2. The van der Waals surface area contributed by atoms with Crippen LogP contribution in [0.4, 0.5) is 10.1 Å². The zero-order chi connectivity index (χ0) is 16.7. The molecule has 24 heavy (non-hydrogen) atoms. The van der Waals surface area contributed by atoms with Crippen LogP contribution in [0.3, 0.4) is 0 Å². The van der Waals surface area contributed by atoms with Gasteiger partial charge in [-0.2, -0.15) is 0 Å². The molecule has 1 aromatic carbocycles. The van der Waals surface area contributed by atoms with Crippen molar-refractivity contribution in [2.75, 3.05) is 24.2 Å². The van der Waals surface area contributed by atoms with E-state index in [0.29, 0.717) is 5.69 Å². The van der Waals surface area contributed by atoms with Gasteiger partial charge in [-0.3, -0.25) is 9.59 Å². The Hall–Kier alpha value is -1.31. The molecule has 8 heteroatoms. The quantitative estimate of drug-likeness (QED) is 0.712. The Morgan fingerprint density at radius 2 is 1.92 bits per heavy atom. The van der Waals surface area contributed by atoms with E-state index in [1.165, 1.54) is 36.0 Å². The van der Waals surface area contributed by atoms with Crippen molar-refractivity contribution in [1.82, 2.24) is 10.6 Å². The van der Waals surface area contributed by atoms with Gasteiger partial charge in [-0.05, 0) is 57.1 Å². The highest BCUT2D eigenvalue weighted by molar-refractivity contribution is 8.01. The average molecular weight is 376 g/mol. The summed E-state index contributed by atoms with van der Waals surface area (Å²) in [5.74, 6) is -0.404. The summed E-state index contributed by atoms with van der Waals surface area (Å²) in [6.45, 7) is 3.64. The van der Waals surface area contributed by atoms with Crippen LogP contribution in [-0.2, 0) is 9.59 Å². The SMILES string of the molecule is CC(SCC(=O)Nc1ccc(F)cc1)C(=O)NC1CCNCC1.Cl. The van der Waals surface area contributed by atoms with Gasteiger partial charge in [-0.1, -0.05) is 0 Å². The highest BCUT2D eigenvalue weighted by atomic mass is 35.5. The maximum absolute atomic E-state index is 12.8. The summed E-state index contributed by atoms with van der Waals surface area (Å²) in [7, 11) is 0. The summed E-state index contributed by atoms with van der Waals surface area (Å²) < 4.78 is 12.8. The maximum atomic E-state index is 12.8. The second-order valence-corrected chi connectivity index (χ2v) is 6.87. The molecule has 1 atom stereocenters. The summed E-state index contributed by atoms with van der Waals surface area (Å²) in [4.78, 5) is 23.9. The number of rotatable bonds is 6. The van der Waals surface area contributed by atoms with Crippen molar-refractivity contribution in [2.45, 2.75) is 31.1 Å². The van der Waals surface area contributed by atoms with Crippen LogP contribution in [0.25, 0.3) is 0 Å². The largest absolute Gasteiger partial charge is 0.352 e. The predicted octanol–water partition coefficient (Wildman–Crippen LogP) is 2.18. The van der Waals surface area contributed by atoms with E-state index in [-0.39, 0.29) is 47.1 Å². The van der Waals surface area contributed by atoms with Gasteiger partial charge < -0.3 is 16.0 Å². The van der Waals surface area contributed by atoms with Gasteiger partial charge in [0, 0.05) is 11.7 Å². The first-order valence-corrected chi connectivity index (χ1v) is 8.77. The monoisotopic (exact) mass is 375 g/mol. The molecular formula is C16H23ClFN3O2S. The Morgan fingerprint density at radius 1 is 1.29 bits per heavy atom. The van der Waals surface area contributed by atoms with Crippen molar-refractivity contribution >= 4 is 41.7 Å². The van der Waals surface area contributed by atoms with E-state index >= 15 is 0 Å². The number of hydrogen-bond acceptors (Lipinski definition) is 4. The molecule has 1 aliphatic rings. The van der Waals surface area contributed by atoms with Gasteiger partial charge in [-0.25, -0.2) is 4.39 Å². The first kappa shape index (κ1) is 20.7. The smallest absolute Gasteiger partial charge is 0.234 e. The van der Waals surface area contributed by atoms with Gasteiger partial charge >= 0.3 is 0 Å². The van der Waals surface area contributed by atoms with Crippen LogP contribution in [0.2, 0.25) is 0 Å². The first-order valence-electron chi connectivity index (χ1n) is 7.72. The molecule has 5 nitrogen and oxygen atoms in total. The van der Waals surface area contributed by atoms with Crippen molar-refractivity contribution < 1.29 is 14.0 Å². The van der Waals surface area contributed by atoms with Crippen LogP contribution in [0.1, 0.15) is 19.8 Å². The van der Waals surface area contributed by atoms with E-state index in [1.807, 2.05) is 0 Å². The molecule has 0 aliphatic carbocycles. The third-order valence-electron chi connectivity index (χ3n) is 3.65. The Morgan fingerprint density at radius 3 is 2.54 bits per heavy atom. The number of carbonyl (C=O) groups is 2. The number of hydrogen-bond donors (Lipinski definition) is 3. The van der Waals surface area contributed by atoms with Gasteiger partial charge in [0.1, 0.15) is 5.82 Å². The number of halogens is 2. The van der Waals surface area contributed by atoms with Gasteiger partial charge in [0.15, 0.2) is 0 Å². The lowest BCUT2D eigenvalue weighted by molar-refractivity contribution is -0.121. The lowest BCUT2D eigenvalue weighted by atomic mass is 10.1. The molecule has 1 heterocycles. The van der Waals surface area contributed by atoms with E-state index in [4.69, 9.17) is 0 Å². The highest BCUT2D eigenvalue weighted by Crippen LogP contribution is 2.14. The molecule has 0 radical (unpaired) electrons. The van der Waals surface area contributed by atoms with Gasteiger partial charge in [0.05, 0.1) is 11.0 Å². The van der Waals surface area contributed by atoms with Crippen LogP contribution in [0.15, 0.2) is 24.3 Å². The van der Waals surface area contributed by atoms with Crippen LogP contribution in [-0.4, -0.2) is 41.9 Å². The van der Waals surface area contributed by atoms with E-state index in [1.54, 1.807) is 6.92 Å². The molecule has 0 aromatic heterocycles. The molecule has 2 rings (SSSR count). The number of benzene rings is 1. The minimum atomic E-state index is -0.347. The summed E-state index contributed by atoms with van der Waals surface area (Å²) in [5, 5.41) is 8.67. The van der Waals surface area contributed by atoms with Crippen LogP contribution < -0.4 is 16.0 Å². The van der Waals surface area contributed by atoms with Crippen molar-refractivity contribution in [1.29, 1.82) is 0 Å². The summed E-state index contributed by atoms with van der Waals surface area (Å²) in [5.41, 5.74) is 0.545. The minimum Gasteiger partial charge on any atom is -0.352 e. The number of anilines is 1. The van der Waals surface area contributed by atoms with Crippen molar-refractivity contribution in [2.24, 2.45) is 0 Å². The molecule has 1 unspecified atom stereocenters. The first-order chi connectivity index (χ1) is 11.0. The van der Waals surface area contributed by atoms with Crippen LogP contribution in [0, 0.1) is 5.82 Å². The molecular weight excluding hydrogens is 353 g/mol. The maximum Gasteiger partial charge on any atom is 0.234 e. The zero-order valence-corrected chi connectivity index (χ0v) is 15.1. The molecule has 1 saturated heterocycles. The number of piperidine rings is 1. The third kappa shape index (κ3) is 7.07. The molecule has 3 N–H and O–H groups in total. The minimum absolute atomic E-state index is 0. The van der Waals surface area contributed by atoms with Crippen LogP contribution in [0.5, 0.6) is 0 Å².